The fourth-order valence-electron chi connectivity index (χ4n) is 3.95. The third kappa shape index (κ3) is 4.19. The van der Waals surface area contributed by atoms with Gasteiger partial charge in [-0.25, -0.2) is 4.98 Å². The second-order valence-corrected chi connectivity index (χ2v) is 7.87. The van der Waals surface area contributed by atoms with Crippen LogP contribution in [0.5, 0.6) is 0 Å². The first-order valence-electron chi connectivity index (χ1n) is 10.2. The minimum Gasteiger partial charge on any atom is -0.368 e. The van der Waals surface area contributed by atoms with E-state index >= 15 is 0 Å². The predicted octanol–water partition coefficient (Wildman–Crippen LogP) is 3.61. The van der Waals surface area contributed by atoms with Gasteiger partial charge in [0.25, 0.3) is 5.56 Å². The predicted molar refractivity (Wildman–Crippen MR) is 119 cm³/mol. The van der Waals surface area contributed by atoms with Gasteiger partial charge in [-0.2, -0.15) is 0 Å². The van der Waals surface area contributed by atoms with Gasteiger partial charge in [-0.3, -0.25) is 9.78 Å². The highest BCUT2D eigenvalue weighted by Gasteiger charge is 2.20. The monoisotopic (exact) mass is 388 g/mol. The van der Waals surface area contributed by atoms with E-state index < -0.39 is 0 Å². The average Bonchev–Trinajstić information content (AvgIpc) is 2.74. The number of benzene rings is 2. The Labute approximate surface area is 172 Å². The molecule has 5 nitrogen and oxygen atoms in total. The van der Waals surface area contributed by atoms with Gasteiger partial charge in [0.2, 0.25) is 5.95 Å². The largest absolute Gasteiger partial charge is 0.368 e. The van der Waals surface area contributed by atoms with Gasteiger partial charge in [0.05, 0.1) is 5.69 Å². The Kier molecular flexibility index (Phi) is 5.38. The molecule has 0 spiro atoms. The molecular formula is C24H28N4O. The van der Waals surface area contributed by atoms with Crippen LogP contribution in [0.1, 0.15) is 27.9 Å². The normalized spacial score (nSPS) is 14.3. The molecule has 0 amide bonds. The third-order valence-electron chi connectivity index (χ3n) is 5.78. The molecule has 0 radical (unpaired) electrons. The van der Waals surface area contributed by atoms with Crippen LogP contribution in [-0.4, -0.2) is 36.1 Å². The number of piperazine rings is 1. The van der Waals surface area contributed by atoms with Crippen molar-refractivity contribution in [2.24, 2.45) is 0 Å². The van der Waals surface area contributed by atoms with Crippen LogP contribution in [0, 0.1) is 20.8 Å². The molecule has 1 aromatic heterocycles. The van der Waals surface area contributed by atoms with Gasteiger partial charge in [0.15, 0.2) is 0 Å². The Bertz CT molecular complexity index is 1050. The SMILES string of the molecule is Cc1ccc(C)c(Cc2c(C)nc(N3CCN(c4ccccc4)CC3)[nH]c2=O)c1. The zero-order chi connectivity index (χ0) is 20.4. The molecule has 0 saturated carbocycles. The first-order chi connectivity index (χ1) is 14.0. The second-order valence-electron chi connectivity index (χ2n) is 7.87. The smallest absolute Gasteiger partial charge is 0.256 e. The summed E-state index contributed by atoms with van der Waals surface area (Å²) in [4.78, 5) is 25.2. The van der Waals surface area contributed by atoms with Crippen molar-refractivity contribution < 1.29 is 0 Å². The molecule has 5 heteroatoms. The maximum Gasteiger partial charge on any atom is 0.256 e. The van der Waals surface area contributed by atoms with Crippen molar-refractivity contribution in [3.8, 4) is 0 Å². The molecule has 0 aliphatic carbocycles. The van der Waals surface area contributed by atoms with E-state index in [0.29, 0.717) is 12.4 Å². The molecule has 2 heterocycles. The zero-order valence-corrected chi connectivity index (χ0v) is 17.4. The molecule has 3 aromatic rings. The number of nitrogens with one attached hydrogen (secondary N) is 1. The van der Waals surface area contributed by atoms with Gasteiger partial charge >= 0.3 is 0 Å². The fraction of sp³-hybridized carbons (Fsp3) is 0.333. The summed E-state index contributed by atoms with van der Waals surface area (Å²) < 4.78 is 0. The van der Waals surface area contributed by atoms with Crippen LogP contribution in [0.3, 0.4) is 0 Å². The number of H-pyrrole nitrogens is 1. The molecular weight excluding hydrogens is 360 g/mol. The van der Waals surface area contributed by atoms with E-state index in [0.717, 1.165) is 37.4 Å². The number of hydrogen-bond acceptors (Lipinski definition) is 4. The maximum atomic E-state index is 12.9. The van der Waals surface area contributed by atoms with Crippen molar-refractivity contribution in [1.29, 1.82) is 0 Å². The van der Waals surface area contributed by atoms with Gasteiger partial charge in [-0.1, -0.05) is 42.0 Å². The Hall–Kier alpha value is -3.08. The minimum absolute atomic E-state index is 0.0288. The van der Waals surface area contributed by atoms with E-state index in [4.69, 9.17) is 4.98 Å². The minimum atomic E-state index is -0.0288. The van der Waals surface area contributed by atoms with Crippen molar-refractivity contribution in [3.05, 3.63) is 86.8 Å². The average molecular weight is 389 g/mol. The number of rotatable bonds is 4. The van der Waals surface area contributed by atoms with Crippen LogP contribution in [-0.2, 0) is 6.42 Å². The molecule has 0 atom stereocenters. The molecule has 150 valence electrons. The van der Waals surface area contributed by atoms with Gasteiger partial charge in [0.1, 0.15) is 0 Å². The second kappa shape index (κ2) is 8.11. The summed E-state index contributed by atoms with van der Waals surface area (Å²) in [5.74, 6) is 0.685. The van der Waals surface area contributed by atoms with Crippen LogP contribution in [0.2, 0.25) is 0 Å². The Morgan fingerprint density at radius 3 is 2.31 bits per heavy atom. The molecule has 1 N–H and O–H groups in total. The number of para-hydroxylation sites is 1. The van der Waals surface area contributed by atoms with Gasteiger partial charge in [-0.05, 0) is 44.0 Å². The van der Waals surface area contributed by atoms with E-state index in [1.54, 1.807) is 0 Å². The lowest BCUT2D eigenvalue weighted by Gasteiger charge is -2.36. The number of aromatic amines is 1. The van der Waals surface area contributed by atoms with Crippen LogP contribution >= 0.6 is 0 Å². The number of nitrogens with zero attached hydrogens (tertiary/aromatic N) is 3. The highest BCUT2D eigenvalue weighted by Crippen LogP contribution is 2.19. The zero-order valence-electron chi connectivity index (χ0n) is 17.4. The lowest BCUT2D eigenvalue weighted by molar-refractivity contribution is 0.637. The fourth-order valence-corrected chi connectivity index (χ4v) is 3.95. The molecule has 1 saturated heterocycles. The van der Waals surface area contributed by atoms with Crippen LogP contribution in [0.15, 0.2) is 53.3 Å². The van der Waals surface area contributed by atoms with Crippen molar-refractivity contribution in [2.75, 3.05) is 36.0 Å². The molecule has 0 bridgehead atoms. The summed E-state index contributed by atoms with van der Waals surface area (Å²) in [7, 11) is 0. The first kappa shape index (κ1) is 19.2. The van der Waals surface area contributed by atoms with Crippen LogP contribution < -0.4 is 15.4 Å². The molecule has 29 heavy (non-hydrogen) atoms. The third-order valence-corrected chi connectivity index (χ3v) is 5.78. The van der Waals surface area contributed by atoms with Crippen LogP contribution in [0.4, 0.5) is 11.6 Å². The summed E-state index contributed by atoms with van der Waals surface area (Å²) >= 11 is 0. The highest BCUT2D eigenvalue weighted by molar-refractivity contribution is 5.48. The van der Waals surface area contributed by atoms with Crippen molar-refractivity contribution in [3.63, 3.8) is 0 Å². The van der Waals surface area contributed by atoms with Gasteiger partial charge < -0.3 is 9.80 Å². The standard InChI is InChI=1S/C24H28N4O/c1-17-9-10-18(2)20(15-17)16-22-19(3)25-24(26-23(22)29)28-13-11-27(12-14-28)21-7-5-4-6-8-21/h4-10,15H,11-14,16H2,1-3H3,(H,25,26,29). The van der Waals surface area contributed by atoms with E-state index in [1.165, 1.54) is 22.4 Å². The first-order valence-corrected chi connectivity index (χ1v) is 10.2. The Morgan fingerprint density at radius 1 is 0.931 bits per heavy atom. The van der Waals surface area contributed by atoms with Gasteiger partial charge in [-0.15, -0.1) is 0 Å². The van der Waals surface area contributed by atoms with E-state index in [-0.39, 0.29) is 5.56 Å². The van der Waals surface area contributed by atoms with E-state index in [1.807, 2.05) is 13.0 Å². The molecule has 4 rings (SSSR count). The van der Waals surface area contributed by atoms with Crippen molar-refractivity contribution in [2.45, 2.75) is 27.2 Å². The lowest BCUT2D eigenvalue weighted by atomic mass is 9.98. The van der Waals surface area contributed by atoms with Gasteiger partial charge in [0, 0.05) is 43.9 Å². The Morgan fingerprint density at radius 2 is 1.62 bits per heavy atom. The summed E-state index contributed by atoms with van der Waals surface area (Å²) in [6.07, 6.45) is 0.615. The van der Waals surface area contributed by atoms with E-state index in [2.05, 4.69) is 71.1 Å². The summed E-state index contributed by atoms with van der Waals surface area (Å²) in [5, 5.41) is 0. The summed E-state index contributed by atoms with van der Waals surface area (Å²) in [5.41, 5.74) is 6.38. The molecule has 2 aromatic carbocycles. The number of hydrogen-bond donors (Lipinski definition) is 1. The quantitative estimate of drug-likeness (QED) is 0.742. The molecule has 1 fully saturated rings. The molecule has 1 aliphatic heterocycles. The highest BCUT2D eigenvalue weighted by atomic mass is 16.1. The Balaban J connectivity index is 1.50. The van der Waals surface area contributed by atoms with Crippen molar-refractivity contribution >= 4 is 11.6 Å². The topological polar surface area (TPSA) is 52.2 Å². The number of anilines is 2. The number of aromatic nitrogens is 2. The summed E-state index contributed by atoms with van der Waals surface area (Å²) in [6.45, 7) is 9.62. The maximum absolute atomic E-state index is 12.9. The van der Waals surface area contributed by atoms with E-state index in [9.17, 15) is 4.79 Å². The lowest BCUT2D eigenvalue weighted by Crippen LogP contribution is -2.47. The summed E-state index contributed by atoms with van der Waals surface area (Å²) in [6, 6.07) is 16.8. The number of aryl methyl sites for hydroxylation is 3. The molecule has 1 aliphatic rings. The molecule has 0 unspecified atom stereocenters. The van der Waals surface area contributed by atoms with Crippen molar-refractivity contribution in [1.82, 2.24) is 9.97 Å². The van der Waals surface area contributed by atoms with Crippen LogP contribution in [0.25, 0.3) is 0 Å².